The molecule has 0 aliphatic heterocycles. The number of rotatable bonds is 8. The van der Waals surface area contributed by atoms with E-state index in [0.717, 1.165) is 33.8 Å². The summed E-state index contributed by atoms with van der Waals surface area (Å²) in [6.07, 6.45) is -0.345. The van der Waals surface area contributed by atoms with Gasteiger partial charge in [0, 0.05) is 5.92 Å². The van der Waals surface area contributed by atoms with Gasteiger partial charge >= 0.3 is 12.1 Å². The summed E-state index contributed by atoms with van der Waals surface area (Å²) in [5.41, 5.74) is 4.72. The third kappa shape index (κ3) is 5.19. The summed E-state index contributed by atoms with van der Waals surface area (Å²) < 4.78 is 9.60. The van der Waals surface area contributed by atoms with Crippen molar-refractivity contribution in [1.29, 1.82) is 0 Å². The summed E-state index contributed by atoms with van der Waals surface area (Å²) in [7, 11) is 0. The van der Waals surface area contributed by atoms with Gasteiger partial charge in [-0.15, -0.1) is 0 Å². The lowest BCUT2D eigenvalue weighted by molar-refractivity contribution is -0.118. The second kappa shape index (κ2) is 10.3. The zero-order valence-corrected chi connectivity index (χ0v) is 20.5. The van der Waals surface area contributed by atoms with E-state index in [1.807, 2.05) is 50.2 Å². The van der Waals surface area contributed by atoms with Gasteiger partial charge in [-0.05, 0) is 53.0 Å². The Kier molecular flexibility index (Phi) is 7.16. The highest BCUT2D eigenvalue weighted by Gasteiger charge is 2.30. The molecule has 35 heavy (non-hydrogen) atoms. The molecule has 0 fully saturated rings. The van der Waals surface area contributed by atoms with Gasteiger partial charge in [0.05, 0.1) is 5.69 Å². The number of carboxylic acid groups (broad SMARTS) is 1. The molecule has 9 heteroatoms. The standard InChI is InChI=1S/C26H27N3O5S/c1-14(2)12-21(23(30)28-24-22(25(31)32)15(3)29-35-24)27-26(33)34-13-20-18-10-6-4-8-16(18)17-9-5-7-11-19(17)20/h4-11,14,20-21H,12-13H2,1-3H3,(H,27,33)(H,28,30)(H,31,32)/t21-/m0/s1. The normalized spacial score (nSPS) is 13.1. The molecule has 1 atom stereocenters. The molecule has 2 amide bonds. The van der Waals surface area contributed by atoms with Gasteiger partial charge in [0.2, 0.25) is 5.91 Å². The van der Waals surface area contributed by atoms with Crippen LogP contribution in [0.1, 0.15) is 53.4 Å². The van der Waals surface area contributed by atoms with Crippen LogP contribution in [0.25, 0.3) is 11.1 Å². The molecular weight excluding hydrogens is 466 g/mol. The van der Waals surface area contributed by atoms with Gasteiger partial charge in [-0.3, -0.25) is 4.79 Å². The zero-order chi connectivity index (χ0) is 25.1. The first-order chi connectivity index (χ1) is 16.8. The topological polar surface area (TPSA) is 118 Å². The Balaban J connectivity index is 1.44. The first-order valence-corrected chi connectivity index (χ1v) is 12.2. The molecule has 0 saturated heterocycles. The summed E-state index contributed by atoms with van der Waals surface area (Å²) in [5.74, 6) is -1.68. The second-order valence-electron chi connectivity index (χ2n) is 8.92. The van der Waals surface area contributed by atoms with E-state index in [2.05, 4.69) is 27.1 Å². The molecule has 2 aromatic carbocycles. The van der Waals surface area contributed by atoms with Crippen molar-refractivity contribution < 1.29 is 24.2 Å². The van der Waals surface area contributed by atoms with E-state index in [4.69, 9.17) is 4.74 Å². The smallest absolute Gasteiger partial charge is 0.407 e. The Morgan fingerprint density at radius 2 is 1.66 bits per heavy atom. The zero-order valence-electron chi connectivity index (χ0n) is 19.7. The van der Waals surface area contributed by atoms with E-state index >= 15 is 0 Å². The number of alkyl carbamates (subject to hydrolysis) is 1. The number of carbonyl (C=O) groups excluding carboxylic acids is 2. The van der Waals surface area contributed by atoms with Crippen LogP contribution in [-0.4, -0.2) is 40.1 Å². The predicted octanol–water partition coefficient (Wildman–Crippen LogP) is 5.04. The third-order valence-electron chi connectivity index (χ3n) is 5.97. The Morgan fingerprint density at radius 3 is 2.23 bits per heavy atom. The molecule has 0 unspecified atom stereocenters. The van der Waals surface area contributed by atoms with Crippen molar-refractivity contribution in [2.75, 3.05) is 11.9 Å². The van der Waals surface area contributed by atoms with Crippen LogP contribution in [0.3, 0.4) is 0 Å². The number of nitrogens with one attached hydrogen (secondary N) is 2. The Bertz CT molecular complexity index is 1220. The minimum atomic E-state index is -1.17. The molecule has 1 aliphatic rings. The van der Waals surface area contributed by atoms with Crippen LogP contribution < -0.4 is 10.6 Å². The van der Waals surface area contributed by atoms with Crippen molar-refractivity contribution >= 4 is 34.5 Å². The average Bonchev–Trinajstić information content (AvgIpc) is 3.34. The monoisotopic (exact) mass is 493 g/mol. The van der Waals surface area contributed by atoms with Crippen molar-refractivity contribution in [2.24, 2.45) is 5.92 Å². The highest BCUT2D eigenvalue weighted by Crippen LogP contribution is 2.44. The number of carbonyl (C=O) groups is 3. The van der Waals surface area contributed by atoms with Crippen molar-refractivity contribution in [2.45, 2.75) is 39.2 Å². The van der Waals surface area contributed by atoms with Crippen LogP contribution >= 0.6 is 11.5 Å². The molecule has 1 aliphatic carbocycles. The van der Waals surface area contributed by atoms with Gasteiger partial charge in [0.1, 0.15) is 23.2 Å². The van der Waals surface area contributed by atoms with Crippen molar-refractivity contribution in [1.82, 2.24) is 9.69 Å². The van der Waals surface area contributed by atoms with E-state index in [1.165, 1.54) is 0 Å². The van der Waals surface area contributed by atoms with Crippen LogP contribution in [-0.2, 0) is 9.53 Å². The number of anilines is 1. The summed E-state index contributed by atoms with van der Waals surface area (Å²) in [6, 6.07) is 15.2. The number of amides is 2. The van der Waals surface area contributed by atoms with Crippen molar-refractivity contribution in [3.63, 3.8) is 0 Å². The maximum Gasteiger partial charge on any atom is 0.407 e. The number of ether oxygens (including phenoxy) is 1. The number of benzene rings is 2. The van der Waals surface area contributed by atoms with Gasteiger partial charge in [-0.25, -0.2) is 9.59 Å². The lowest BCUT2D eigenvalue weighted by atomic mass is 9.98. The minimum Gasteiger partial charge on any atom is -0.478 e. The fraction of sp³-hybridized carbons (Fsp3) is 0.308. The summed E-state index contributed by atoms with van der Waals surface area (Å²) in [6.45, 7) is 5.56. The van der Waals surface area contributed by atoms with Crippen LogP contribution in [0.2, 0.25) is 0 Å². The SMILES string of the molecule is Cc1nsc(NC(=O)[C@H](CC(C)C)NC(=O)OCC2c3ccccc3-c3ccccc32)c1C(=O)O. The van der Waals surface area contributed by atoms with Crippen molar-refractivity contribution in [3.8, 4) is 11.1 Å². The molecule has 182 valence electrons. The van der Waals surface area contributed by atoms with Gasteiger partial charge in [-0.1, -0.05) is 62.4 Å². The molecule has 0 radical (unpaired) electrons. The molecule has 1 aromatic heterocycles. The number of aromatic carboxylic acids is 1. The van der Waals surface area contributed by atoms with Gasteiger partial charge in [0.25, 0.3) is 0 Å². The van der Waals surface area contributed by atoms with E-state index < -0.39 is 24.0 Å². The Hall–Kier alpha value is -3.72. The molecule has 4 rings (SSSR count). The fourth-order valence-electron chi connectivity index (χ4n) is 4.39. The molecule has 8 nitrogen and oxygen atoms in total. The molecule has 0 spiro atoms. The first-order valence-electron chi connectivity index (χ1n) is 11.4. The number of aryl methyl sites for hydroxylation is 1. The molecule has 3 N–H and O–H groups in total. The van der Waals surface area contributed by atoms with Crippen LogP contribution in [0.5, 0.6) is 0 Å². The van der Waals surface area contributed by atoms with Gasteiger partial charge in [0.15, 0.2) is 0 Å². The molecule has 3 aromatic rings. The second-order valence-corrected chi connectivity index (χ2v) is 9.69. The van der Waals surface area contributed by atoms with E-state index in [0.29, 0.717) is 12.1 Å². The Labute approximate surface area is 207 Å². The van der Waals surface area contributed by atoms with Gasteiger partial charge < -0.3 is 20.5 Å². The minimum absolute atomic E-state index is 0.0483. The fourth-order valence-corrected chi connectivity index (χ4v) is 5.18. The van der Waals surface area contributed by atoms with Crippen LogP contribution in [0.4, 0.5) is 9.80 Å². The number of nitrogens with zero attached hydrogens (tertiary/aromatic N) is 1. The molecule has 0 bridgehead atoms. The highest BCUT2D eigenvalue weighted by molar-refractivity contribution is 7.11. The molecule has 0 saturated carbocycles. The lowest BCUT2D eigenvalue weighted by Gasteiger charge is -2.21. The number of hydrogen-bond acceptors (Lipinski definition) is 6. The summed E-state index contributed by atoms with van der Waals surface area (Å²) in [5, 5.41) is 14.8. The number of fused-ring (bicyclic) bond motifs is 3. The summed E-state index contributed by atoms with van der Waals surface area (Å²) >= 11 is 0.895. The summed E-state index contributed by atoms with van der Waals surface area (Å²) in [4.78, 5) is 37.2. The maximum absolute atomic E-state index is 13.0. The third-order valence-corrected chi connectivity index (χ3v) is 6.83. The maximum atomic E-state index is 13.0. The average molecular weight is 494 g/mol. The van der Waals surface area contributed by atoms with E-state index in [9.17, 15) is 19.5 Å². The largest absolute Gasteiger partial charge is 0.478 e. The van der Waals surface area contributed by atoms with E-state index in [-0.39, 0.29) is 29.0 Å². The number of aromatic nitrogens is 1. The van der Waals surface area contributed by atoms with Crippen LogP contribution in [0, 0.1) is 12.8 Å². The first kappa shape index (κ1) is 24.4. The highest BCUT2D eigenvalue weighted by atomic mass is 32.1. The molecular formula is C26H27N3O5S. The van der Waals surface area contributed by atoms with Crippen molar-refractivity contribution in [3.05, 3.63) is 70.9 Å². The number of carboxylic acids is 1. The Morgan fingerprint density at radius 1 is 1.06 bits per heavy atom. The quantitative estimate of drug-likeness (QED) is 0.405. The lowest BCUT2D eigenvalue weighted by Crippen LogP contribution is -2.45. The number of hydrogen-bond donors (Lipinski definition) is 3. The van der Waals surface area contributed by atoms with E-state index in [1.54, 1.807) is 6.92 Å². The molecule has 1 heterocycles. The van der Waals surface area contributed by atoms with Crippen LogP contribution in [0.15, 0.2) is 48.5 Å². The predicted molar refractivity (Wildman–Crippen MR) is 134 cm³/mol. The van der Waals surface area contributed by atoms with Gasteiger partial charge in [-0.2, -0.15) is 4.37 Å².